The van der Waals surface area contributed by atoms with Gasteiger partial charge < -0.3 is 9.84 Å². The maximum atomic E-state index is 9.94. The van der Waals surface area contributed by atoms with Gasteiger partial charge in [-0.3, -0.25) is 0 Å². The molecule has 4 atom stereocenters. The minimum absolute atomic E-state index is 0.101. The van der Waals surface area contributed by atoms with Gasteiger partial charge in [-0.05, 0) is 32.1 Å². The lowest BCUT2D eigenvalue weighted by molar-refractivity contribution is -0.0369. The Labute approximate surface area is 87.7 Å². The van der Waals surface area contributed by atoms with Crippen molar-refractivity contribution in [2.24, 2.45) is 5.92 Å². The van der Waals surface area contributed by atoms with Crippen LogP contribution in [-0.4, -0.2) is 23.4 Å². The molecule has 1 fully saturated rings. The second-order valence-electron chi connectivity index (χ2n) is 4.76. The Morgan fingerprint density at radius 2 is 2.14 bits per heavy atom. The first kappa shape index (κ1) is 12.0. The molecule has 1 aliphatic rings. The third-order valence-corrected chi connectivity index (χ3v) is 3.12. The third kappa shape index (κ3) is 3.58. The number of hydrogen-bond acceptors (Lipinski definition) is 2. The van der Waals surface area contributed by atoms with Crippen LogP contribution in [0.15, 0.2) is 0 Å². The smallest absolute Gasteiger partial charge is 0.0838 e. The number of aliphatic hydroxyl groups is 1. The molecule has 0 bridgehead atoms. The van der Waals surface area contributed by atoms with Crippen LogP contribution in [0.25, 0.3) is 0 Å². The number of aliphatic hydroxyl groups excluding tert-OH is 1. The fourth-order valence-corrected chi connectivity index (χ4v) is 2.29. The van der Waals surface area contributed by atoms with Crippen LogP contribution in [0.1, 0.15) is 52.9 Å². The van der Waals surface area contributed by atoms with E-state index in [0.717, 1.165) is 19.3 Å². The summed E-state index contributed by atoms with van der Waals surface area (Å²) in [4.78, 5) is 0. The van der Waals surface area contributed by atoms with E-state index in [1.54, 1.807) is 0 Å². The minimum Gasteiger partial charge on any atom is -0.390 e. The van der Waals surface area contributed by atoms with E-state index in [4.69, 9.17) is 4.74 Å². The average molecular weight is 200 g/mol. The molecule has 84 valence electrons. The van der Waals surface area contributed by atoms with E-state index >= 15 is 0 Å². The van der Waals surface area contributed by atoms with Crippen LogP contribution >= 0.6 is 0 Å². The van der Waals surface area contributed by atoms with Crippen LogP contribution in [0.3, 0.4) is 0 Å². The molecule has 0 spiro atoms. The molecule has 4 unspecified atom stereocenters. The molecule has 0 saturated carbocycles. The summed E-state index contributed by atoms with van der Waals surface area (Å²) < 4.78 is 5.65. The zero-order valence-electron chi connectivity index (χ0n) is 9.70. The molecular formula is C12H24O2. The van der Waals surface area contributed by atoms with Crippen LogP contribution in [0.4, 0.5) is 0 Å². The van der Waals surface area contributed by atoms with Crippen molar-refractivity contribution < 1.29 is 9.84 Å². The molecule has 14 heavy (non-hydrogen) atoms. The van der Waals surface area contributed by atoms with E-state index in [-0.39, 0.29) is 12.2 Å². The first-order valence-corrected chi connectivity index (χ1v) is 5.97. The topological polar surface area (TPSA) is 29.5 Å². The maximum Gasteiger partial charge on any atom is 0.0838 e. The molecule has 0 aromatic rings. The van der Waals surface area contributed by atoms with Gasteiger partial charge in [-0.25, -0.2) is 0 Å². The van der Waals surface area contributed by atoms with Crippen molar-refractivity contribution in [3.8, 4) is 0 Å². The molecule has 1 N–H and O–H groups in total. The Balaban J connectivity index is 2.23. The molecule has 2 heteroatoms. The van der Waals surface area contributed by atoms with Crippen LogP contribution < -0.4 is 0 Å². The Morgan fingerprint density at radius 3 is 2.64 bits per heavy atom. The maximum absolute atomic E-state index is 9.94. The first-order valence-electron chi connectivity index (χ1n) is 5.97. The Bertz CT molecular complexity index is 158. The van der Waals surface area contributed by atoms with Crippen molar-refractivity contribution >= 4 is 0 Å². The predicted octanol–water partition coefficient (Wildman–Crippen LogP) is 2.74. The second-order valence-corrected chi connectivity index (χ2v) is 4.76. The van der Waals surface area contributed by atoms with Crippen molar-refractivity contribution in [3.05, 3.63) is 0 Å². The van der Waals surface area contributed by atoms with Gasteiger partial charge >= 0.3 is 0 Å². The molecule has 0 aromatic carbocycles. The van der Waals surface area contributed by atoms with Gasteiger partial charge in [-0.15, -0.1) is 0 Å². The SMILES string of the molecule is CCCC(C)CC(O)C1CCC(C)O1. The van der Waals surface area contributed by atoms with Gasteiger partial charge in [0.05, 0.1) is 18.3 Å². The van der Waals surface area contributed by atoms with E-state index in [9.17, 15) is 5.11 Å². The highest BCUT2D eigenvalue weighted by atomic mass is 16.5. The first-order chi connectivity index (χ1) is 6.63. The van der Waals surface area contributed by atoms with Gasteiger partial charge in [0.1, 0.15) is 0 Å². The highest BCUT2D eigenvalue weighted by Crippen LogP contribution is 2.25. The standard InChI is InChI=1S/C12H24O2/c1-4-5-9(2)8-11(13)12-7-6-10(3)14-12/h9-13H,4-8H2,1-3H3. The number of hydrogen-bond donors (Lipinski definition) is 1. The van der Waals surface area contributed by atoms with Gasteiger partial charge in [0.2, 0.25) is 0 Å². The lowest BCUT2D eigenvalue weighted by atomic mass is 9.95. The van der Waals surface area contributed by atoms with Gasteiger partial charge in [0.15, 0.2) is 0 Å². The molecule has 2 nitrogen and oxygen atoms in total. The molecule has 1 aliphatic heterocycles. The number of rotatable bonds is 5. The summed E-state index contributed by atoms with van der Waals surface area (Å²) in [5.74, 6) is 0.620. The fourth-order valence-electron chi connectivity index (χ4n) is 2.29. The Kier molecular flexibility index (Phi) is 4.90. The van der Waals surface area contributed by atoms with Crippen LogP contribution in [0.2, 0.25) is 0 Å². The van der Waals surface area contributed by atoms with E-state index in [2.05, 4.69) is 20.8 Å². The van der Waals surface area contributed by atoms with Gasteiger partial charge in [0.25, 0.3) is 0 Å². The van der Waals surface area contributed by atoms with Gasteiger partial charge in [-0.2, -0.15) is 0 Å². The predicted molar refractivity (Wildman–Crippen MR) is 58.3 cm³/mol. The summed E-state index contributed by atoms with van der Waals surface area (Å²) >= 11 is 0. The molecule has 0 amide bonds. The summed E-state index contributed by atoms with van der Waals surface area (Å²) in [6, 6.07) is 0. The lowest BCUT2D eigenvalue weighted by Crippen LogP contribution is -2.27. The molecular weight excluding hydrogens is 176 g/mol. The van der Waals surface area contributed by atoms with E-state index in [1.165, 1.54) is 12.8 Å². The normalized spacial score (nSPS) is 31.7. The summed E-state index contributed by atoms with van der Waals surface area (Å²) in [5, 5.41) is 9.94. The molecule has 0 aromatic heterocycles. The Morgan fingerprint density at radius 1 is 1.43 bits per heavy atom. The van der Waals surface area contributed by atoms with Crippen molar-refractivity contribution in [2.75, 3.05) is 0 Å². The largest absolute Gasteiger partial charge is 0.390 e. The van der Waals surface area contributed by atoms with Crippen LogP contribution in [0, 0.1) is 5.92 Å². The van der Waals surface area contributed by atoms with E-state index < -0.39 is 0 Å². The average Bonchev–Trinajstić information content (AvgIpc) is 2.52. The van der Waals surface area contributed by atoms with Crippen molar-refractivity contribution in [2.45, 2.75) is 71.2 Å². The summed E-state index contributed by atoms with van der Waals surface area (Å²) in [6.07, 6.45) is 5.63. The van der Waals surface area contributed by atoms with E-state index in [1.807, 2.05) is 0 Å². The highest BCUT2D eigenvalue weighted by Gasteiger charge is 2.28. The third-order valence-electron chi connectivity index (χ3n) is 3.12. The lowest BCUT2D eigenvalue weighted by Gasteiger charge is -2.21. The summed E-state index contributed by atoms with van der Waals surface area (Å²) in [7, 11) is 0. The second kappa shape index (κ2) is 5.72. The molecule has 0 aliphatic carbocycles. The Hall–Kier alpha value is -0.0800. The van der Waals surface area contributed by atoms with Crippen molar-refractivity contribution in [1.82, 2.24) is 0 Å². The van der Waals surface area contributed by atoms with Crippen molar-refractivity contribution in [1.29, 1.82) is 0 Å². The molecule has 0 radical (unpaired) electrons. The summed E-state index contributed by atoms with van der Waals surface area (Å²) in [5.41, 5.74) is 0. The fraction of sp³-hybridized carbons (Fsp3) is 1.00. The van der Waals surface area contributed by atoms with Crippen molar-refractivity contribution in [3.63, 3.8) is 0 Å². The quantitative estimate of drug-likeness (QED) is 0.739. The van der Waals surface area contributed by atoms with Gasteiger partial charge in [0, 0.05) is 0 Å². The molecule has 1 heterocycles. The zero-order valence-corrected chi connectivity index (χ0v) is 9.70. The molecule has 1 saturated heterocycles. The van der Waals surface area contributed by atoms with Gasteiger partial charge in [-0.1, -0.05) is 26.7 Å². The monoisotopic (exact) mass is 200 g/mol. The van der Waals surface area contributed by atoms with E-state index in [0.29, 0.717) is 12.0 Å². The summed E-state index contributed by atoms with van der Waals surface area (Å²) in [6.45, 7) is 6.49. The van der Waals surface area contributed by atoms with Crippen LogP contribution in [0.5, 0.6) is 0 Å². The highest BCUT2D eigenvalue weighted by molar-refractivity contribution is 4.78. The number of ether oxygens (including phenoxy) is 1. The zero-order chi connectivity index (χ0) is 10.6. The van der Waals surface area contributed by atoms with Crippen LogP contribution in [-0.2, 0) is 4.74 Å². The molecule has 1 rings (SSSR count). The minimum atomic E-state index is -0.249.